The highest BCUT2D eigenvalue weighted by Crippen LogP contribution is 2.36. The van der Waals surface area contributed by atoms with Crippen LogP contribution in [0, 0.1) is 18.3 Å². The van der Waals surface area contributed by atoms with Gasteiger partial charge < -0.3 is 4.74 Å². The van der Waals surface area contributed by atoms with Crippen LogP contribution >= 0.6 is 0 Å². The molecule has 0 bridgehead atoms. The zero-order valence-electron chi connectivity index (χ0n) is 9.05. The summed E-state index contributed by atoms with van der Waals surface area (Å²) in [5, 5.41) is 8.49. The molecule has 1 aromatic rings. The largest absolute Gasteiger partial charge is 0.573 e. The molecule has 0 aromatic carbocycles. The average Bonchev–Trinajstić information content (AvgIpc) is 2.21. The first-order valence-electron chi connectivity index (χ1n) is 4.65. The molecule has 0 aliphatic carbocycles. The van der Waals surface area contributed by atoms with E-state index in [1.54, 1.807) is 6.07 Å². The van der Waals surface area contributed by atoms with Crippen LogP contribution in [0.25, 0.3) is 0 Å². The van der Waals surface area contributed by atoms with Crippen LogP contribution in [0.4, 0.5) is 22.0 Å². The van der Waals surface area contributed by atoms with Crippen molar-refractivity contribution in [2.45, 2.75) is 26.1 Å². The molecule has 1 rings (SSSR count). The summed E-state index contributed by atoms with van der Waals surface area (Å²) in [6.45, 7) is 1.31. The highest BCUT2D eigenvalue weighted by atomic mass is 19.4. The second-order valence-electron chi connectivity index (χ2n) is 3.29. The summed E-state index contributed by atoms with van der Waals surface area (Å²) in [5.74, 6) is -1.04. The average molecular weight is 266 g/mol. The Balaban J connectivity index is 3.39. The number of halogens is 5. The fourth-order valence-corrected chi connectivity index (χ4v) is 1.32. The quantitative estimate of drug-likeness (QED) is 0.788. The molecule has 0 unspecified atom stereocenters. The first kappa shape index (κ1) is 14.2. The number of alkyl halides is 5. The Morgan fingerprint density at radius 2 is 2.06 bits per heavy atom. The van der Waals surface area contributed by atoms with Gasteiger partial charge in [-0.1, -0.05) is 0 Å². The maximum atomic E-state index is 12.6. The summed E-state index contributed by atoms with van der Waals surface area (Å²) in [7, 11) is 0. The Bertz CT molecular complexity index is 478. The Morgan fingerprint density at radius 3 is 2.50 bits per heavy atom. The van der Waals surface area contributed by atoms with E-state index < -0.39 is 30.5 Å². The minimum atomic E-state index is -5.11. The van der Waals surface area contributed by atoms with Gasteiger partial charge in [0.1, 0.15) is 5.75 Å². The molecule has 1 heterocycles. The smallest absolute Gasteiger partial charge is 0.405 e. The number of nitrogens with zero attached hydrogens (tertiary/aromatic N) is 2. The van der Waals surface area contributed by atoms with Crippen molar-refractivity contribution < 1.29 is 26.7 Å². The zero-order valence-corrected chi connectivity index (χ0v) is 9.05. The van der Waals surface area contributed by atoms with Gasteiger partial charge >= 0.3 is 6.36 Å². The lowest BCUT2D eigenvalue weighted by Crippen LogP contribution is -2.20. The van der Waals surface area contributed by atoms with Crippen LogP contribution in [0.5, 0.6) is 5.75 Å². The fraction of sp³-hybridized carbons (Fsp3) is 0.400. The Kier molecular flexibility index (Phi) is 4.06. The molecule has 0 amide bonds. The lowest BCUT2D eigenvalue weighted by atomic mass is 10.1. The molecule has 98 valence electrons. The second-order valence-corrected chi connectivity index (χ2v) is 3.29. The molecule has 0 N–H and O–H groups in total. The number of hydrogen-bond donors (Lipinski definition) is 0. The van der Waals surface area contributed by atoms with E-state index in [0.29, 0.717) is 6.20 Å². The van der Waals surface area contributed by atoms with Gasteiger partial charge in [-0.3, -0.25) is 4.98 Å². The van der Waals surface area contributed by atoms with Gasteiger partial charge in [-0.05, 0) is 6.92 Å². The number of aromatic nitrogens is 1. The third-order valence-corrected chi connectivity index (χ3v) is 2.08. The third kappa shape index (κ3) is 3.29. The molecule has 0 saturated carbocycles. The number of nitriles is 1. The van der Waals surface area contributed by atoms with Crippen molar-refractivity contribution in [3.8, 4) is 11.8 Å². The molecule has 1 aromatic heterocycles. The predicted octanol–water partition coefficient (Wildman–Crippen LogP) is 3.29. The van der Waals surface area contributed by atoms with Crippen molar-refractivity contribution in [1.29, 1.82) is 5.26 Å². The van der Waals surface area contributed by atoms with Crippen LogP contribution in [0.15, 0.2) is 6.20 Å². The van der Waals surface area contributed by atoms with E-state index >= 15 is 0 Å². The predicted molar refractivity (Wildman–Crippen MR) is 49.9 cm³/mol. The minimum absolute atomic E-state index is 0.0419. The molecule has 0 spiro atoms. The van der Waals surface area contributed by atoms with Crippen molar-refractivity contribution >= 4 is 0 Å². The first-order chi connectivity index (χ1) is 8.26. The highest BCUT2D eigenvalue weighted by Gasteiger charge is 2.35. The summed E-state index contributed by atoms with van der Waals surface area (Å²) in [4.78, 5) is 3.53. The molecule has 0 fully saturated rings. The number of pyridine rings is 1. The van der Waals surface area contributed by atoms with E-state index in [1.807, 2.05) is 0 Å². The summed E-state index contributed by atoms with van der Waals surface area (Å²) >= 11 is 0. The van der Waals surface area contributed by atoms with Gasteiger partial charge in [-0.25, -0.2) is 8.78 Å². The van der Waals surface area contributed by atoms with Crippen LogP contribution < -0.4 is 4.74 Å². The lowest BCUT2D eigenvalue weighted by molar-refractivity contribution is -0.275. The highest BCUT2D eigenvalue weighted by molar-refractivity contribution is 5.44. The van der Waals surface area contributed by atoms with Crippen LogP contribution in [0.2, 0.25) is 0 Å². The minimum Gasteiger partial charge on any atom is -0.405 e. The summed E-state index contributed by atoms with van der Waals surface area (Å²) < 4.78 is 65.3. The normalized spacial score (nSPS) is 11.4. The molecule has 0 atom stereocenters. The lowest BCUT2D eigenvalue weighted by Gasteiger charge is -2.16. The number of ether oxygens (including phenoxy) is 1. The van der Waals surface area contributed by atoms with Crippen molar-refractivity contribution in [2.75, 3.05) is 0 Å². The van der Waals surface area contributed by atoms with Gasteiger partial charge in [0.15, 0.2) is 0 Å². The molecule has 0 radical (unpaired) electrons. The van der Waals surface area contributed by atoms with E-state index in [9.17, 15) is 22.0 Å². The number of rotatable bonds is 3. The Hall–Kier alpha value is -1.91. The van der Waals surface area contributed by atoms with Gasteiger partial charge in [-0.2, -0.15) is 5.26 Å². The summed E-state index contributed by atoms with van der Waals surface area (Å²) in [6, 6.07) is 1.58. The molecule has 8 heteroatoms. The van der Waals surface area contributed by atoms with Gasteiger partial charge in [-0.15, -0.1) is 13.2 Å². The topological polar surface area (TPSA) is 45.9 Å². The number of aryl methyl sites for hydroxylation is 1. The van der Waals surface area contributed by atoms with Gasteiger partial charge in [0.05, 0.1) is 18.1 Å². The van der Waals surface area contributed by atoms with E-state index in [1.165, 1.54) is 6.92 Å². The monoisotopic (exact) mass is 266 g/mol. The van der Waals surface area contributed by atoms with E-state index in [0.717, 1.165) is 0 Å². The van der Waals surface area contributed by atoms with Gasteiger partial charge in [0.2, 0.25) is 0 Å². The van der Waals surface area contributed by atoms with Crippen molar-refractivity contribution in [3.63, 3.8) is 0 Å². The summed E-state index contributed by atoms with van der Waals surface area (Å²) in [6.07, 6.45) is -8.16. The maximum Gasteiger partial charge on any atom is 0.573 e. The van der Waals surface area contributed by atoms with Gasteiger partial charge in [0.25, 0.3) is 6.43 Å². The molecule has 0 saturated heterocycles. The molecular weight excluding hydrogens is 259 g/mol. The van der Waals surface area contributed by atoms with Crippen molar-refractivity contribution in [1.82, 2.24) is 4.98 Å². The molecule has 0 aliphatic heterocycles. The molecule has 0 aliphatic rings. The molecule has 18 heavy (non-hydrogen) atoms. The first-order valence-corrected chi connectivity index (χ1v) is 4.65. The van der Waals surface area contributed by atoms with Crippen LogP contribution in [-0.2, 0) is 6.42 Å². The summed E-state index contributed by atoms with van der Waals surface area (Å²) in [5.41, 5.74) is -1.23. The SMILES string of the molecule is Cc1ncc(C(F)F)c(OC(F)(F)F)c1CC#N. The Morgan fingerprint density at radius 1 is 1.44 bits per heavy atom. The number of hydrogen-bond acceptors (Lipinski definition) is 3. The molecule has 3 nitrogen and oxygen atoms in total. The Labute approximate surface area is 98.8 Å². The second kappa shape index (κ2) is 5.16. The van der Waals surface area contributed by atoms with E-state index in [2.05, 4.69) is 9.72 Å². The van der Waals surface area contributed by atoms with E-state index in [-0.39, 0.29) is 11.3 Å². The van der Waals surface area contributed by atoms with Crippen LogP contribution in [0.1, 0.15) is 23.2 Å². The fourth-order valence-electron chi connectivity index (χ4n) is 1.32. The standard InChI is InChI=1S/C10H7F5N2O/c1-5-6(2-3-16)8(18-10(13,14)15)7(4-17-5)9(11)12/h4,9H,2H2,1H3. The third-order valence-electron chi connectivity index (χ3n) is 2.08. The maximum absolute atomic E-state index is 12.6. The van der Waals surface area contributed by atoms with Crippen LogP contribution in [0.3, 0.4) is 0 Å². The van der Waals surface area contributed by atoms with Crippen molar-refractivity contribution in [3.05, 3.63) is 23.0 Å². The van der Waals surface area contributed by atoms with Crippen molar-refractivity contribution in [2.24, 2.45) is 0 Å². The molecular formula is C10H7F5N2O. The van der Waals surface area contributed by atoms with Crippen LogP contribution in [-0.4, -0.2) is 11.3 Å². The van der Waals surface area contributed by atoms with E-state index in [4.69, 9.17) is 5.26 Å². The van der Waals surface area contributed by atoms with Gasteiger partial charge in [0, 0.05) is 17.5 Å². The zero-order chi connectivity index (χ0) is 13.9.